The molecule has 14 nitrogen and oxygen atoms in total. The number of rotatable bonds is 9. The summed E-state index contributed by atoms with van der Waals surface area (Å²) in [6.07, 6.45) is 0.791. The first kappa shape index (κ1) is 56.3. The quantitative estimate of drug-likeness (QED) is 0.106. The van der Waals surface area contributed by atoms with E-state index in [1.165, 1.54) is 0 Å². The number of carboxylic acids is 3. The van der Waals surface area contributed by atoms with Gasteiger partial charge in [0.25, 0.3) is 0 Å². The molecule has 0 saturated heterocycles. The Hall–Kier alpha value is -0.101. The van der Waals surface area contributed by atoms with E-state index in [-0.39, 0.29) is 104 Å². The second kappa shape index (κ2) is 28.1. The molecule has 27 heavy (non-hydrogen) atoms. The topological polar surface area (TPSA) is 299 Å². The monoisotopic (exact) mass is 476 g/mol. The van der Waals surface area contributed by atoms with Crippen LogP contribution in [0, 0.1) is 0 Å². The van der Waals surface area contributed by atoms with E-state index in [2.05, 4.69) is 11.3 Å². The van der Waals surface area contributed by atoms with Crippen molar-refractivity contribution in [3.63, 3.8) is 0 Å². The number of ether oxygens (including phenoxy) is 1. The predicted molar refractivity (Wildman–Crippen MR) is 92.7 cm³/mol. The first-order valence-corrected chi connectivity index (χ1v) is 5.01. The molecule has 0 atom stereocenters. The normalized spacial score (nSPS) is 7.41. The SMILES string of the molecule is C=COC(=O)C[N+](CC(=O)O)(CC(=O)O)CC(=O)O.N.O.O.O.O.[Cu].[NaH].[NaH]. The molecule has 0 saturated carbocycles. The molecule has 0 fully saturated rings. The van der Waals surface area contributed by atoms with Crippen molar-refractivity contribution >= 4 is 83.0 Å². The van der Waals surface area contributed by atoms with Gasteiger partial charge in [0.15, 0.2) is 26.2 Å². The van der Waals surface area contributed by atoms with E-state index in [0.717, 1.165) is 6.26 Å². The molecule has 0 bridgehead atoms. The molecular weight excluding hydrogens is 450 g/mol. The van der Waals surface area contributed by atoms with Crippen LogP contribution in [0.25, 0.3) is 0 Å². The number of nitrogens with zero attached hydrogens (tertiary/aromatic N) is 1. The van der Waals surface area contributed by atoms with Gasteiger partial charge in [0, 0.05) is 17.1 Å². The molecule has 14 N–H and O–H groups in total. The Balaban J connectivity index is -0.0000000579. The van der Waals surface area contributed by atoms with Gasteiger partial charge in [-0.1, -0.05) is 6.58 Å². The maximum absolute atomic E-state index is 11.3. The Labute approximate surface area is 209 Å². The number of hydrogen-bond donors (Lipinski definition) is 4. The van der Waals surface area contributed by atoms with E-state index >= 15 is 0 Å². The van der Waals surface area contributed by atoms with Crippen molar-refractivity contribution in [3.05, 3.63) is 12.8 Å². The van der Waals surface area contributed by atoms with Gasteiger partial charge in [0.2, 0.25) is 0 Å². The summed E-state index contributed by atoms with van der Waals surface area (Å²) in [7, 11) is 0. The summed E-state index contributed by atoms with van der Waals surface area (Å²) >= 11 is 0. The van der Waals surface area contributed by atoms with Gasteiger partial charge in [-0.15, -0.1) is 0 Å². The number of esters is 1. The van der Waals surface area contributed by atoms with Crippen molar-refractivity contribution in [1.29, 1.82) is 0 Å². The summed E-state index contributed by atoms with van der Waals surface area (Å²) in [5.74, 6) is -5.23. The van der Waals surface area contributed by atoms with Crippen molar-refractivity contribution in [2.45, 2.75) is 0 Å². The Bertz CT molecular complexity index is 386. The van der Waals surface area contributed by atoms with E-state index in [1.54, 1.807) is 0 Å². The minimum atomic E-state index is -1.42. The van der Waals surface area contributed by atoms with Gasteiger partial charge in [-0.2, -0.15) is 0 Å². The number of carbonyl (C=O) groups excluding carboxylic acids is 1. The van der Waals surface area contributed by atoms with Gasteiger partial charge in [0.1, 0.15) is 0 Å². The third kappa shape index (κ3) is 28.2. The van der Waals surface area contributed by atoms with Crippen molar-refractivity contribution in [3.8, 4) is 0 Å². The molecule has 1 radical (unpaired) electrons. The molecule has 0 aromatic heterocycles. The molecule has 0 aromatic rings. The molecule has 0 amide bonds. The molecule has 0 aliphatic heterocycles. The zero-order valence-electron chi connectivity index (χ0n) is 13.0. The van der Waals surface area contributed by atoms with Gasteiger partial charge in [-0.3, -0.25) is 4.48 Å². The summed E-state index contributed by atoms with van der Waals surface area (Å²) in [4.78, 5) is 43.5. The summed E-state index contributed by atoms with van der Waals surface area (Å²) in [6.45, 7) is -0.0686. The molecule has 0 rings (SSSR count). The van der Waals surface area contributed by atoms with E-state index in [9.17, 15) is 19.2 Å². The molecule has 0 aliphatic carbocycles. The van der Waals surface area contributed by atoms with Gasteiger partial charge in [0.05, 0.1) is 6.26 Å². The third-order valence-corrected chi connectivity index (χ3v) is 2.09. The minimum absolute atomic E-state index is 0. The van der Waals surface area contributed by atoms with Gasteiger partial charge in [-0.05, 0) is 0 Å². The molecular formula is C10H27CuN2Na2O12+. The second-order valence-corrected chi connectivity index (χ2v) is 3.81. The maximum atomic E-state index is 11.3. The molecule has 0 heterocycles. The predicted octanol–water partition coefficient (Wildman–Crippen LogP) is -5.69. The van der Waals surface area contributed by atoms with Gasteiger partial charge in [-0.25, -0.2) is 19.2 Å². The van der Waals surface area contributed by atoms with Crippen LogP contribution >= 0.6 is 0 Å². The van der Waals surface area contributed by atoms with Crippen molar-refractivity contribution in [1.82, 2.24) is 6.15 Å². The number of aliphatic carboxylic acids is 3. The molecule has 161 valence electrons. The van der Waals surface area contributed by atoms with E-state index in [1.807, 2.05) is 0 Å². The zero-order chi connectivity index (χ0) is 15.1. The van der Waals surface area contributed by atoms with Crippen LogP contribution in [0.5, 0.6) is 0 Å². The Morgan fingerprint density at radius 1 is 0.778 bits per heavy atom. The Morgan fingerprint density at radius 2 is 1.04 bits per heavy atom. The van der Waals surface area contributed by atoms with E-state index in [0.29, 0.717) is 0 Å². The molecule has 0 aliphatic rings. The average molecular weight is 477 g/mol. The van der Waals surface area contributed by atoms with E-state index in [4.69, 9.17) is 15.3 Å². The van der Waals surface area contributed by atoms with Crippen LogP contribution in [-0.4, -0.2) is 151 Å². The first-order chi connectivity index (χ1) is 8.70. The fourth-order valence-corrected chi connectivity index (χ4v) is 1.60. The van der Waals surface area contributed by atoms with Crippen LogP contribution in [0.2, 0.25) is 0 Å². The van der Waals surface area contributed by atoms with Crippen molar-refractivity contribution in [2.75, 3.05) is 26.2 Å². The molecule has 17 heteroatoms. The molecule has 0 spiro atoms. The Kier molecular flexibility index (Phi) is 58.6. The summed E-state index contributed by atoms with van der Waals surface area (Å²) in [5.41, 5.74) is 0. The second-order valence-electron chi connectivity index (χ2n) is 3.81. The summed E-state index contributed by atoms with van der Waals surface area (Å²) < 4.78 is 3.39. The van der Waals surface area contributed by atoms with Crippen molar-refractivity contribution in [2.24, 2.45) is 0 Å². The van der Waals surface area contributed by atoms with Crippen LogP contribution in [0.1, 0.15) is 0 Å². The van der Waals surface area contributed by atoms with Crippen LogP contribution in [0.15, 0.2) is 12.8 Å². The number of carbonyl (C=O) groups is 4. The molecule has 0 aromatic carbocycles. The third-order valence-electron chi connectivity index (χ3n) is 2.09. The first-order valence-electron chi connectivity index (χ1n) is 5.01. The van der Waals surface area contributed by atoms with Crippen LogP contribution < -0.4 is 6.15 Å². The number of quaternary nitrogens is 1. The van der Waals surface area contributed by atoms with Crippen LogP contribution in [0.3, 0.4) is 0 Å². The fraction of sp³-hybridized carbons (Fsp3) is 0.400. The number of hydrogen-bond acceptors (Lipinski definition) is 6. The standard InChI is InChI=1S/C10H13NO8.Cu.H3N.2Na.4H2O.2H/c1-2-19-10(18)6-11(3-7(12)13,4-8(14)15)5-9(16)17;;;;;;;;;;/h2H,1,3-6H2,(H2-,12,13,14,15,16,17);;1H3;;;4*1H2;;/p+1. The fourth-order valence-electron chi connectivity index (χ4n) is 1.60. The summed E-state index contributed by atoms with van der Waals surface area (Å²) in [6, 6.07) is 0. The van der Waals surface area contributed by atoms with Crippen molar-refractivity contribution < 1.29 is 82.7 Å². The Morgan fingerprint density at radius 3 is 1.22 bits per heavy atom. The zero-order valence-corrected chi connectivity index (χ0v) is 13.9. The number of carboxylic acid groups (broad SMARTS) is 3. The summed E-state index contributed by atoms with van der Waals surface area (Å²) in [5, 5.41) is 26.2. The molecule has 0 unspecified atom stereocenters. The van der Waals surface area contributed by atoms with Crippen LogP contribution in [0.4, 0.5) is 0 Å². The van der Waals surface area contributed by atoms with Crippen LogP contribution in [-0.2, 0) is 41.0 Å². The van der Waals surface area contributed by atoms with Gasteiger partial charge < -0.3 is 48.1 Å². The van der Waals surface area contributed by atoms with E-state index < -0.39 is 54.5 Å². The van der Waals surface area contributed by atoms with Gasteiger partial charge >= 0.3 is 83.0 Å². The average Bonchev–Trinajstić information content (AvgIpc) is 2.12.